The first-order valence-corrected chi connectivity index (χ1v) is 7.68. The van der Waals surface area contributed by atoms with Crippen molar-refractivity contribution in [2.45, 2.75) is 30.4 Å². The monoisotopic (exact) mass is 283 g/mol. The SMILES string of the molecule is Cc1ccc2c(c1)N(CCC(=O)O)CC(C)S2(=O)=O. The van der Waals surface area contributed by atoms with Gasteiger partial charge in [0.15, 0.2) is 9.84 Å². The number of benzene rings is 1. The Hall–Kier alpha value is -1.56. The highest BCUT2D eigenvalue weighted by molar-refractivity contribution is 7.92. The zero-order chi connectivity index (χ0) is 14.2. The summed E-state index contributed by atoms with van der Waals surface area (Å²) < 4.78 is 24.5. The van der Waals surface area contributed by atoms with Gasteiger partial charge in [-0.1, -0.05) is 6.07 Å². The molecule has 1 heterocycles. The van der Waals surface area contributed by atoms with Crippen LogP contribution in [0.4, 0.5) is 5.69 Å². The Labute approximate surface area is 112 Å². The fourth-order valence-electron chi connectivity index (χ4n) is 2.28. The summed E-state index contributed by atoms with van der Waals surface area (Å²) in [4.78, 5) is 12.8. The summed E-state index contributed by atoms with van der Waals surface area (Å²) in [6.07, 6.45) is 0.000148. The minimum atomic E-state index is -3.30. The maximum absolute atomic E-state index is 12.3. The molecule has 1 atom stereocenters. The number of nitrogens with zero attached hydrogens (tertiary/aromatic N) is 1. The first kappa shape index (κ1) is 13.9. The Kier molecular flexibility index (Phi) is 3.54. The van der Waals surface area contributed by atoms with Crippen LogP contribution in [0.5, 0.6) is 0 Å². The van der Waals surface area contributed by atoms with Crippen LogP contribution in [0.1, 0.15) is 18.9 Å². The molecule has 0 fully saturated rings. The summed E-state index contributed by atoms with van der Waals surface area (Å²) in [7, 11) is -3.30. The molecular weight excluding hydrogens is 266 g/mol. The summed E-state index contributed by atoms with van der Waals surface area (Å²) in [6.45, 7) is 4.21. The minimum absolute atomic E-state index is 0.000148. The highest BCUT2D eigenvalue weighted by Crippen LogP contribution is 2.34. The molecule has 1 aliphatic heterocycles. The summed E-state index contributed by atoms with van der Waals surface area (Å²) >= 11 is 0. The van der Waals surface area contributed by atoms with Crippen molar-refractivity contribution >= 4 is 21.5 Å². The second-order valence-corrected chi connectivity index (χ2v) is 7.25. The van der Waals surface area contributed by atoms with Crippen LogP contribution in [0.3, 0.4) is 0 Å². The van der Waals surface area contributed by atoms with Crippen molar-refractivity contribution in [3.63, 3.8) is 0 Å². The van der Waals surface area contributed by atoms with Gasteiger partial charge < -0.3 is 10.0 Å². The topological polar surface area (TPSA) is 74.7 Å². The molecule has 1 N–H and O–H groups in total. The van der Waals surface area contributed by atoms with Crippen LogP contribution in [-0.4, -0.2) is 37.8 Å². The molecule has 104 valence electrons. The zero-order valence-corrected chi connectivity index (χ0v) is 11.8. The number of sulfone groups is 1. The molecule has 1 aromatic carbocycles. The van der Waals surface area contributed by atoms with Crippen molar-refractivity contribution in [3.05, 3.63) is 23.8 Å². The molecule has 1 unspecified atom stereocenters. The van der Waals surface area contributed by atoms with E-state index in [1.807, 2.05) is 11.8 Å². The van der Waals surface area contributed by atoms with E-state index in [4.69, 9.17) is 5.11 Å². The molecule has 19 heavy (non-hydrogen) atoms. The Bertz CT molecular complexity index is 609. The van der Waals surface area contributed by atoms with Crippen LogP contribution in [0.2, 0.25) is 0 Å². The fourth-order valence-corrected chi connectivity index (χ4v) is 3.83. The molecule has 0 amide bonds. The van der Waals surface area contributed by atoms with E-state index in [-0.39, 0.29) is 6.42 Å². The minimum Gasteiger partial charge on any atom is -0.481 e. The summed E-state index contributed by atoms with van der Waals surface area (Å²) in [5.74, 6) is -0.879. The fraction of sp³-hybridized carbons (Fsp3) is 0.462. The van der Waals surface area contributed by atoms with Crippen LogP contribution in [0, 0.1) is 6.92 Å². The summed E-state index contributed by atoms with van der Waals surface area (Å²) in [5, 5.41) is 8.25. The van der Waals surface area contributed by atoms with Gasteiger partial charge >= 0.3 is 5.97 Å². The quantitative estimate of drug-likeness (QED) is 0.908. The largest absolute Gasteiger partial charge is 0.481 e. The van der Waals surface area contributed by atoms with Crippen molar-refractivity contribution in [2.24, 2.45) is 0 Å². The average Bonchev–Trinajstić information content (AvgIpc) is 2.32. The van der Waals surface area contributed by atoms with Gasteiger partial charge in [0.2, 0.25) is 0 Å². The molecule has 2 rings (SSSR count). The highest BCUT2D eigenvalue weighted by Gasteiger charge is 2.34. The second kappa shape index (κ2) is 4.85. The van der Waals surface area contributed by atoms with Gasteiger partial charge in [0.05, 0.1) is 22.3 Å². The smallest absolute Gasteiger partial charge is 0.305 e. The first-order chi connectivity index (χ1) is 8.82. The number of carbonyl (C=O) groups is 1. The van der Waals surface area contributed by atoms with Gasteiger partial charge in [-0.25, -0.2) is 8.42 Å². The van der Waals surface area contributed by atoms with Crippen molar-refractivity contribution in [1.82, 2.24) is 0 Å². The van der Waals surface area contributed by atoms with Crippen molar-refractivity contribution in [3.8, 4) is 0 Å². The van der Waals surface area contributed by atoms with Gasteiger partial charge in [-0.2, -0.15) is 0 Å². The Morgan fingerprint density at radius 1 is 1.47 bits per heavy atom. The number of rotatable bonds is 3. The normalized spacial score (nSPS) is 20.9. The molecule has 0 saturated carbocycles. The van der Waals surface area contributed by atoms with Crippen molar-refractivity contribution < 1.29 is 18.3 Å². The van der Waals surface area contributed by atoms with E-state index >= 15 is 0 Å². The Balaban J connectivity index is 2.45. The van der Waals surface area contributed by atoms with E-state index in [2.05, 4.69) is 0 Å². The third-order valence-electron chi connectivity index (χ3n) is 3.36. The van der Waals surface area contributed by atoms with Crippen LogP contribution in [0.25, 0.3) is 0 Å². The molecule has 0 aliphatic carbocycles. The van der Waals surface area contributed by atoms with E-state index in [0.29, 0.717) is 23.7 Å². The lowest BCUT2D eigenvalue weighted by Gasteiger charge is -2.34. The van der Waals surface area contributed by atoms with E-state index in [1.165, 1.54) is 0 Å². The number of hydrogen-bond acceptors (Lipinski definition) is 4. The lowest BCUT2D eigenvalue weighted by atomic mass is 10.2. The molecule has 0 aromatic heterocycles. The molecule has 0 spiro atoms. The number of carboxylic acid groups (broad SMARTS) is 1. The maximum Gasteiger partial charge on any atom is 0.305 e. The molecule has 0 saturated heterocycles. The number of fused-ring (bicyclic) bond motifs is 1. The third kappa shape index (κ3) is 2.58. The molecule has 1 aromatic rings. The molecule has 5 nitrogen and oxygen atoms in total. The number of hydrogen-bond donors (Lipinski definition) is 1. The predicted molar refractivity (Wildman–Crippen MR) is 72.3 cm³/mol. The van der Waals surface area contributed by atoms with E-state index in [0.717, 1.165) is 5.56 Å². The second-order valence-electron chi connectivity index (χ2n) is 4.92. The summed E-state index contributed by atoms with van der Waals surface area (Å²) in [6, 6.07) is 5.19. The van der Waals surface area contributed by atoms with Gasteiger partial charge in [-0.05, 0) is 31.5 Å². The van der Waals surface area contributed by atoms with E-state index < -0.39 is 21.1 Å². The molecule has 1 aliphatic rings. The molecule has 0 radical (unpaired) electrons. The number of aryl methyl sites for hydroxylation is 1. The van der Waals surface area contributed by atoms with Gasteiger partial charge in [-0.3, -0.25) is 4.79 Å². The Morgan fingerprint density at radius 3 is 2.79 bits per heavy atom. The lowest BCUT2D eigenvalue weighted by molar-refractivity contribution is -0.136. The van der Waals surface area contributed by atoms with Gasteiger partial charge in [0.1, 0.15) is 0 Å². The van der Waals surface area contributed by atoms with Crippen LogP contribution in [-0.2, 0) is 14.6 Å². The van der Waals surface area contributed by atoms with E-state index in [9.17, 15) is 13.2 Å². The van der Waals surface area contributed by atoms with Crippen LogP contribution in [0.15, 0.2) is 23.1 Å². The molecule has 6 heteroatoms. The van der Waals surface area contributed by atoms with Gasteiger partial charge in [0, 0.05) is 13.1 Å². The zero-order valence-electron chi connectivity index (χ0n) is 11.0. The lowest BCUT2D eigenvalue weighted by Crippen LogP contribution is -2.41. The number of carboxylic acids is 1. The number of anilines is 1. The third-order valence-corrected chi connectivity index (χ3v) is 5.53. The van der Waals surface area contributed by atoms with Crippen molar-refractivity contribution in [1.29, 1.82) is 0 Å². The van der Waals surface area contributed by atoms with Crippen molar-refractivity contribution in [2.75, 3.05) is 18.0 Å². The first-order valence-electron chi connectivity index (χ1n) is 6.13. The van der Waals surface area contributed by atoms with Crippen LogP contribution >= 0.6 is 0 Å². The highest BCUT2D eigenvalue weighted by atomic mass is 32.2. The van der Waals surface area contributed by atoms with Gasteiger partial charge in [-0.15, -0.1) is 0 Å². The molecule has 0 bridgehead atoms. The standard InChI is InChI=1S/C13H17NO4S/c1-9-3-4-12-11(7-9)14(6-5-13(15)16)8-10(2)19(12,17)18/h3-4,7,10H,5-6,8H2,1-2H3,(H,15,16). The predicted octanol–water partition coefficient (Wildman–Crippen LogP) is 1.45. The maximum atomic E-state index is 12.3. The Morgan fingerprint density at radius 2 is 2.16 bits per heavy atom. The number of aliphatic carboxylic acids is 1. The van der Waals surface area contributed by atoms with Gasteiger partial charge in [0.25, 0.3) is 0 Å². The van der Waals surface area contributed by atoms with E-state index in [1.54, 1.807) is 25.1 Å². The molecular formula is C13H17NO4S. The average molecular weight is 283 g/mol. The summed E-state index contributed by atoms with van der Waals surface area (Å²) in [5.41, 5.74) is 1.59. The van der Waals surface area contributed by atoms with Crippen LogP contribution < -0.4 is 4.90 Å².